The van der Waals surface area contributed by atoms with E-state index in [0.717, 1.165) is 19.4 Å². The van der Waals surface area contributed by atoms with Crippen LogP contribution in [0.5, 0.6) is 0 Å². The molecule has 1 aliphatic heterocycles. The molecular formula is C17H20ClN3O2. The van der Waals surface area contributed by atoms with Crippen LogP contribution in [0.4, 0.5) is 5.69 Å². The van der Waals surface area contributed by atoms with Crippen molar-refractivity contribution < 1.29 is 4.74 Å². The molecule has 1 aliphatic rings. The van der Waals surface area contributed by atoms with Crippen molar-refractivity contribution in [1.82, 2.24) is 9.78 Å². The maximum Gasteiger partial charge on any atom is 0.292 e. The average molecular weight is 334 g/mol. The van der Waals surface area contributed by atoms with Crippen LogP contribution in [0.3, 0.4) is 0 Å². The van der Waals surface area contributed by atoms with Crippen molar-refractivity contribution >= 4 is 17.3 Å². The van der Waals surface area contributed by atoms with Crippen LogP contribution in [0, 0.1) is 0 Å². The minimum Gasteiger partial charge on any atom is -0.376 e. The Hall–Kier alpha value is -1.85. The van der Waals surface area contributed by atoms with Gasteiger partial charge in [0.05, 0.1) is 23.7 Å². The molecule has 0 spiro atoms. The Kier molecular flexibility index (Phi) is 4.98. The summed E-state index contributed by atoms with van der Waals surface area (Å²) < 4.78 is 7.06. The van der Waals surface area contributed by atoms with Crippen molar-refractivity contribution in [2.45, 2.75) is 25.4 Å². The zero-order valence-corrected chi connectivity index (χ0v) is 13.9. The lowest BCUT2D eigenvalue weighted by Gasteiger charge is -2.28. The van der Waals surface area contributed by atoms with Gasteiger partial charge in [0.1, 0.15) is 5.02 Å². The summed E-state index contributed by atoms with van der Waals surface area (Å²) in [4.78, 5) is 14.4. The summed E-state index contributed by atoms with van der Waals surface area (Å²) in [6, 6.07) is 9.26. The number of hydrogen-bond acceptors (Lipinski definition) is 4. The third-order valence-corrected chi connectivity index (χ3v) is 4.42. The van der Waals surface area contributed by atoms with Gasteiger partial charge in [-0.2, -0.15) is 9.78 Å². The highest BCUT2D eigenvalue weighted by molar-refractivity contribution is 6.33. The Balaban J connectivity index is 1.83. The van der Waals surface area contributed by atoms with E-state index in [1.807, 2.05) is 42.3 Å². The standard InChI is InChI=1S/C17H20ClN3O2/c1-20(12-14-9-5-6-10-23-14)15-11-19-21(17(22)16(15)18)13-7-3-2-4-8-13/h2-4,7-8,11,14H,5-6,9-10,12H2,1H3. The minimum atomic E-state index is -0.313. The van der Waals surface area contributed by atoms with Crippen molar-refractivity contribution in [2.24, 2.45) is 0 Å². The number of ether oxygens (including phenoxy) is 1. The highest BCUT2D eigenvalue weighted by atomic mass is 35.5. The number of rotatable bonds is 4. The largest absolute Gasteiger partial charge is 0.376 e. The van der Waals surface area contributed by atoms with Crippen molar-refractivity contribution in [3.05, 3.63) is 51.9 Å². The normalized spacial score (nSPS) is 17.9. The molecule has 122 valence electrons. The second-order valence-corrected chi connectivity index (χ2v) is 6.14. The maximum atomic E-state index is 12.5. The van der Waals surface area contributed by atoms with E-state index >= 15 is 0 Å². The predicted molar refractivity (Wildman–Crippen MR) is 91.7 cm³/mol. The minimum absolute atomic E-state index is 0.182. The molecule has 23 heavy (non-hydrogen) atoms. The van der Waals surface area contributed by atoms with Crippen molar-refractivity contribution in [1.29, 1.82) is 0 Å². The van der Waals surface area contributed by atoms with Gasteiger partial charge in [0.2, 0.25) is 0 Å². The van der Waals surface area contributed by atoms with Gasteiger partial charge in [0.15, 0.2) is 0 Å². The fourth-order valence-corrected chi connectivity index (χ4v) is 3.07. The smallest absolute Gasteiger partial charge is 0.292 e. The number of aromatic nitrogens is 2. The van der Waals surface area contributed by atoms with E-state index in [2.05, 4.69) is 5.10 Å². The van der Waals surface area contributed by atoms with Gasteiger partial charge in [-0.25, -0.2) is 0 Å². The maximum absolute atomic E-state index is 12.5. The van der Waals surface area contributed by atoms with E-state index in [0.29, 0.717) is 17.9 Å². The molecule has 1 aromatic heterocycles. The highest BCUT2D eigenvalue weighted by Gasteiger charge is 2.19. The van der Waals surface area contributed by atoms with E-state index in [4.69, 9.17) is 16.3 Å². The van der Waals surface area contributed by atoms with Gasteiger partial charge in [-0.1, -0.05) is 29.8 Å². The molecule has 1 aromatic carbocycles. The third kappa shape index (κ3) is 3.57. The number of hydrogen-bond donors (Lipinski definition) is 0. The Bertz CT molecular complexity index is 712. The molecule has 0 N–H and O–H groups in total. The van der Waals surface area contributed by atoms with Crippen LogP contribution in [-0.4, -0.2) is 36.1 Å². The summed E-state index contributed by atoms with van der Waals surface area (Å²) in [6.45, 7) is 1.51. The molecule has 0 saturated carbocycles. The summed E-state index contributed by atoms with van der Waals surface area (Å²) >= 11 is 6.31. The molecule has 0 radical (unpaired) electrons. The van der Waals surface area contributed by atoms with E-state index in [-0.39, 0.29) is 16.7 Å². The molecule has 0 bridgehead atoms. The number of anilines is 1. The summed E-state index contributed by atoms with van der Waals surface area (Å²) in [6.07, 6.45) is 5.16. The number of likely N-dealkylation sites (N-methyl/N-ethyl adjacent to an activating group) is 1. The summed E-state index contributed by atoms with van der Waals surface area (Å²) in [5, 5.41) is 4.44. The van der Waals surface area contributed by atoms with E-state index in [9.17, 15) is 4.79 Å². The zero-order valence-electron chi connectivity index (χ0n) is 13.1. The van der Waals surface area contributed by atoms with Crippen LogP contribution >= 0.6 is 11.6 Å². The van der Waals surface area contributed by atoms with Crippen LogP contribution in [0.1, 0.15) is 19.3 Å². The quantitative estimate of drug-likeness (QED) is 0.863. The van der Waals surface area contributed by atoms with Gasteiger partial charge >= 0.3 is 0 Å². The first kappa shape index (κ1) is 16.0. The fraction of sp³-hybridized carbons (Fsp3) is 0.412. The van der Waals surface area contributed by atoms with E-state index < -0.39 is 0 Å². The van der Waals surface area contributed by atoms with Crippen molar-refractivity contribution in [3.8, 4) is 5.69 Å². The lowest BCUT2D eigenvalue weighted by molar-refractivity contribution is 0.0216. The molecule has 1 atom stereocenters. The van der Waals surface area contributed by atoms with Crippen LogP contribution in [0.25, 0.3) is 5.69 Å². The van der Waals surface area contributed by atoms with Crippen molar-refractivity contribution in [3.63, 3.8) is 0 Å². The van der Waals surface area contributed by atoms with Crippen LogP contribution in [0.2, 0.25) is 5.02 Å². The molecule has 2 aromatic rings. The molecule has 2 heterocycles. The summed E-state index contributed by atoms with van der Waals surface area (Å²) in [5.74, 6) is 0. The molecule has 5 nitrogen and oxygen atoms in total. The monoisotopic (exact) mass is 333 g/mol. The molecule has 1 unspecified atom stereocenters. The van der Waals surface area contributed by atoms with E-state index in [1.54, 1.807) is 6.20 Å². The molecule has 0 amide bonds. The Morgan fingerprint density at radius 3 is 2.83 bits per heavy atom. The average Bonchev–Trinajstić information content (AvgIpc) is 2.59. The number of nitrogens with zero attached hydrogens (tertiary/aromatic N) is 3. The molecule has 1 fully saturated rings. The zero-order chi connectivity index (χ0) is 16.2. The second kappa shape index (κ2) is 7.15. The Labute approximate surface area is 140 Å². The molecule has 6 heteroatoms. The van der Waals surface area contributed by atoms with Gasteiger partial charge < -0.3 is 9.64 Å². The SMILES string of the molecule is CN(CC1CCCCO1)c1cnn(-c2ccccc2)c(=O)c1Cl. The molecule has 0 aliphatic carbocycles. The van der Waals surface area contributed by atoms with Gasteiger partial charge in [0.25, 0.3) is 5.56 Å². The number of para-hydroxylation sites is 1. The number of halogens is 1. The summed E-state index contributed by atoms with van der Waals surface area (Å²) in [5.41, 5.74) is 1.02. The third-order valence-electron chi connectivity index (χ3n) is 4.06. The first-order valence-electron chi connectivity index (χ1n) is 7.83. The van der Waals surface area contributed by atoms with Crippen LogP contribution in [0.15, 0.2) is 41.3 Å². The lowest BCUT2D eigenvalue weighted by Crippen LogP contribution is -2.35. The van der Waals surface area contributed by atoms with Crippen LogP contribution in [-0.2, 0) is 4.74 Å². The van der Waals surface area contributed by atoms with Gasteiger partial charge in [-0.3, -0.25) is 4.79 Å². The van der Waals surface area contributed by atoms with Gasteiger partial charge in [0, 0.05) is 20.2 Å². The summed E-state index contributed by atoms with van der Waals surface area (Å²) in [7, 11) is 1.91. The Morgan fingerprint density at radius 1 is 1.35 bits per heavy atom. The first-order valence-corrected chi connectivity index (χ1v) is 8.20. The Morgan fingerprint density at radius 2 is 2.13 bits per heavy atom. The topological polar surface area (TPSA) is 47.4 Å². The van der Waals surface area contributed by atoms with Gasteiger partial charge in [-0.05, 0) is 31.4 Å². The van der Waals surface area contributed by atoms with E-state index in [1.165, 1.54) is 11.1 Å². The molecular weight excluding hydrogens is 314 g/mol. The molecule has 3 rings (SSSR count). The van der Waals surface area contributed by atoms with Crippen molar-refractivity contribution in [2.75, 3.05) is 25.1 Å². The second-order valence-electron chi connectivity index (χ2n) is 5.77. The fourth-order valence-electron chi connectivity index (χ4n) is 2.80. The van der Waals surface area contributed by atoms with Crippen LogP contribution < -0.4 is 10.5 Å². The lowest BCUT2D eigenvalue weighted by atomic mass is 10.1. The predicted octanol–water partition coefficient (Wildman–Crippen LogP) is 2.89. The molecule has 1 saturated heterocycles. The highest BCUT2D eigenvalue weighted by Crippen LogP contribution is 2.22. The number of benzene rings is 1. The first-order chi connectivity index (χ1) is 11.2. The van der Waals surface area contributed by atoms with Gasteiger partial charge in [-0.15, -0.1) is 0 Å².